The summed E-state index contributed by atoms with van der Waals surface area (Å²) in [7, 11) is -9.97. The van der Waals surface area contributed by atoms with Crippen LogP contribution in [0.15, 0.2) is 85.1 Å². The van der Waals surface area contributed by atoms with E-state index in [1.165, 1.54) is 161 Å². The number of hydrogen-bond acceptors (Lipinski definition) is 15. The summed E-state index contributed by atoms with van der Waals surface area (Å²) in [5.74, 6) is -2.25. The van der Waals surface area contributed by atoms with Crippen LogP contribution in [0.4, 0.5) is 0 Å². The quantitative estimate of drug-likeness (QED) is 0.0169. The lowest BCUT2D eigenvalue weighted by molar-refractivity contribution is -0.161. The molecule has 0 aromatic rings. The summed E-state index contributed by atoms with van der Waals surface area (Å²) in [6.07, 6.45) is 78.6. The SMILES string of the molecule is CC/C=C\C/C=C\C/C=C\C/C=C\C/C=C\C/C=C\CCC(=O)O[C@H](COC(=O)CCCCCCCCCCCCCCCCC)COP(=O)(O)OC[C@H](O)COP(=O)(O)OC[C@@H](COC(=O)CCCCCCC/C=C\CCCCCC)OC(=O)CCCCCCCCCCCCCCCCC. The molecule has 0 aromatic carbocycles. The van der Waals surface area contributed by atoms with Gasteiger partial charge in [0.15, 0.2) is 12.2 Å². The number of hydrogen-bond donors (Lipinski definition) is 3. The lowest BCUT2D eigenvalue weighted by Gasteiger charge is -2.21. The van der Waals surface area contributed by atoms with E-state index in [0.717, 1.165) is 116 Å². The molecule has 0 aromatic heterocycles. The fourth-order valence-electron chi connectivity index (χ4n) is 11.2. The Morgan fingerprint density at radius 1 is 0.284 bits per heavy atom. The first-order valence-electron chi connectivity index (χ1n) is 40.8. The minimum Gasteiger partial charge on any atom is -0.462 e. The van der Waals surface area contributed by atoms with E-state index < -0.39 is 97.5 Å². The lowest BCUT2D eigenvalue weighted by atomic mass is 10.0. The van der Waals surface area contributed by atoms with Gasteiger partial charge in [-0.05, 0) is 89.9 Å². The van der Waals surface area contributed by atoms with Crippen LogP contribution >= 0.6 is 15.6 Å². The van der Waals surface area contributed by atoms with E-state index in [1.807, 2.05) is 18.2 Å². The van der Waals surface area contributed by atoms with Crippen molar-refractivity contribution in [3.8, 4) is 0 Å². The molecule has 3 N–H and O–H groups in total. The number of carbonyl (C=O) groups excluding carboxylic acids is 4. The average molecular weight is 1480 g/mol. The first-order valence-corrected chi connectivity index (χ1v) is 43.8. The lowest BCUT2D eigenvalue weighted by Crippen LogP contribution is -2.30. The van der Waals surface area contributed by atoms with Crippen molar-refractivity contribution in [1.29, 1.82) is 0 Å². The van der Waals surface area contributed by atoms with E-state index in [1.54, 1.807) is 0 Å². The predicted octanol–water partition coefficient (Wildman–Crippen LogP) is 23.8. The topological polar surface area (TPSA) is 237 Å². The van der Waals surface area contributed by atoms with Crippen LogP contribution in [0.2, 0.25) is 0 Å². The van der Waals surface area contributed by atoms with Crippen molar-refractivity contribution >= 4 is 39.5 Å². The van der Waals surface area contributed by atoms with E-state index in [2.05, 4.69) is 94.5 Å². The predicted molar refractivity (Wildman–Crippen MR) is 418 cm³/mol. The minimum absolute atomic E-state index is 0.0271. The van der Waals surface area contributed by atoms with Crippen molar-refractivity contribution < 1.29 is 80.2 Å². The van der Waals surface area contributed by atoms with Crippen molar-refractivity contribution in [2.45, 2.75) is 380 Å². The molecule has 0 aliphatic rings. The summed E-state index contributed by atoms with van der Waals surface area (Å²) in [4.78, 5) is 73.0. The molecule has 0 fully saturated rings. The molecule has 5 atom stereocenters. The van der Waals surface area contributed by atoms with Crippen molar-refractivity contribution in [3.05, 3.63) is 85.1 Å². The summed E-state index contributed by atoms with van der Waals surface area (Å²) in [6, 6.07) is 0. The Hall–Kier alpha value is -3.76. The van der Waals surface area contributed by atoms with E-state index in [-0.39, 0.29) is 25.7 Å². The van der Waals surface area contributed by atoms with Crippen LogP contribution in [0, 0.1) is 0 Å². The molecule has 592 valence electrons. The molecular weight excluding hydrogens is 1330 g/mol. The Labute approximate surface area is 621 Å². The van der Waals surface area contributed by atoms with Gasteiger partial charge in [0, 0.05) is 25.7 Å². The molecule has 102 heavy (non-hydrogen) atoms. The maximum absolute atomic E-state index is 13.1. The molecule has 0 bridgehead atoms. The third kappa shape index (κ3) is 74.5. The third-order valence-electron chi connectivity index (χ3n) is 17.4. The highest BCUT2D eigenvalue weighted by Crippen LogP contribution is 2.45. The Kier molecular flexibility index (Phi) is 72.7. The van der Waals surface area contributed by atoms with E-state index in [9.17, 15) is 43.2 Å². The number of unbranched alkanes of at least 4 members (excludes halogenated alkanes) is 37. The van der Waals surface area contributed by atoms with Gasteiger partial charge in [-0.15, -0.1) is 0 Å². The summed E-state index contributed by atoms with van der Waals surface area (Å²) in [6.45, 7) is 4.72. The van der Waals surface area contributed by atoms with Gasteiger partial charge in [-0.1, -0.05) is 331 Å². The van der Waals surface area contributed by atoms with Crippen molar-refractivity contribution in [3.63, 3.8) is 0 Å². The monoisotopic (exact) mass is 1480 g/mol. The van der Waals surface area contributed by atoms with Crippen LogP contribution in [0.1, 0.15) is 362 Å². The molecule has 0 saturated heterocycles. The van der Waals surface area contributed by atoms with E-state index in [0.29, 0.717) is 32.1 Å². The number of ether oxygens (including phenoxy) is 4. The van der Waals surface area contributed by atoms with Gasteiger partial charge in [-0.25, -0.2) is 9.13 Å². The van der Waals surface area contributed by atoms with Crippen LogP contribution in [0.3, 0.4) is 0 Å². The first-order chi connectivity index (χ1) is 49.7. The Bertz CT molecular complexity index is 2260. The van der Waals surface area contributed by atoms with Crippen LogP contribution in [-0.4, -0.2) is 96.7 Å². The first kappa shape index (κ1) is 98.2. The van der Waals surface area contributed by atoms with Gasteiger partial charge in [0.25, 0.3) is 0 Å². The maximum atomic E-state index is 13.1. The van der Waals surface area contributed by atoms with Gasteiger partial charge in [-0.3, -0.25) is 37.3 Å². The smallest absolute Gasteiger partial charge is 0.462 e. The van der Waals surface area contributed by atoms with Crippen molar-refractivity contribution in [2.24, 2.45) is 0 Å². The second-order valence-corrected chi connectivity index (χ2v) is 30.3. The maximum Gasteiger partial charge on any atom is 0.472 e. The summed E-state index contributed by atoms with van der Waals surface area (Å²) >= 11 is 0. The fourth-order valence-corrected chi connectivity index (χ4v) is 12.8. The Balaban J connectivity index is 5.40. The second-order valence-electron chi connectivity index (χ2n) is 27.3. The van der Waals surface area contributed by atoms with Gasteiger partial charge in [0.05, 0.1) is 26.4 Å². The standard InChI is InChI=1S/C83H148O17P2/c1-5-9-13-17-21-25-29-33-36-37-38-39-42-46-50-54-58-62-66-70-83(88)100-79(74-94-81(86)68-64-60-56-52-48-44-40-34-30-26-22-18-14-10-6-2)76-98-102(91,92)96-72-77(84)71-95-101(89,90)97-75-78(73-93-80(85)67-63-59-55-51-47-43-32-28-24-20-16-12-8-4)99-82(87)69-65-61-57-53-49-45-41-35-31-27-23-19-15-11-7-3/h9,13,21,25,28,32-33,36,38-39,46,50,58,62,77-79,84H,5-8,10-12,14-20,22-24,26-27,29-31,34-35,37,40-45,47-49,51-57,59-61,63-76H2,1-4H3,(H,89,90)(H,91,92)/b13-9-,25-21-,32-28-,36-33-,39-38-,50-46-,62-58-/t77-,78-,79-/m1/s1. The van der Waals surface area contributed by atoms with Gasteiger partial charge in [0.1, 0.15) is 19.3 Å². The van der Waals surface area contributed by atoms with E-state index >= 15 is 0 Å². The highest BCUT2D eigenvalue weighted by atomic mass is 31.2. The molecule has 19 heteroatoms. The molecule has 0 amide bonds. The highest BCUT2D eigenvalue weighted by molar-refractivity contribution is 7.47. The molecule has 0 rings (SSSR count). The largest absolute Gasteiger partial charge is 0.472 e. The number of aliphatic hydroxyl groups excluding tert-OH is 1. The summed E-state index contributed by atoms with van der Waals surface area (Å²) in [5, 5.41) is 10.6. The number of phosphoric acid groups is 2. The molecule has 2 unspecified atom stereocenters. The molecule has 0 saturated carbocycles. The van der Waals surface area contributed by atoms with Crippen molar-refractivity contribution in [2.75, 3.05) is 39.6 Å². The van der Waals surface area contributed by atoms with E-state index in [4.69, 9.17) is 37.0 Å². The molecular formula is C83H148O17P2. The molecule has 0 aliphatic carbocycles. The number of esters is 4. The van der Waals surface area contributed by atoms with Crippen LogP contribution < -0.4 is 0 Å². The minimum atomic E-state index is -4.99. The second kappa shape index (κ2) is 75.5. The average Bonchev–Trinajstić information content (AvgIpc) is 1.21. The number of rotatable bonds is 77. The van der Waals surface area contributed by atoms with Crippen LogP contribution in [0.25, 0.3) is 0 Å². The molecule has 17 nitrogen and oxygen atoms in total. The van der Waals surface area contributed by atoms with Crippen LogP contribution in [-0.2, 0) is 65.4 Å². The summed E-state index contributed by atoms with van der Waals surface area (Å²) < 4.78 is 68.6. The van der Waals surface area contributed by atoms with Gasteiger partial charge in [-0.2, -0.15) is 0 Å². The number of aliphatic hydroxyl groups is 1. The van der Waals surface area contributed by atoms with Gasteiger partial charge in [0.2, 0.25) is 0 Å². The zero-order valence-electron chi connectivity index (χ0n) is 64.8. The van der Waals surface area contributed by atoms with Gasteiger partial charge < -0.3 is 33.8 Å². The number of carbonyl (C=O) groups is 4. The molecule has 0 radical (unpaired) electrons. The van der Waals surface area contributed by atoms with Crippen LogP contribution in [0.5, 0.6) is 0 Å². The zero-order chi connectivity index (χ0) is 74.6. The van der Waals surface area contributed by atoms with Crippen molar-refractivity contribution in [1.82, 2.24) is 0 Å². The Morgan fingerprint density at radius 3 is 0.853 bits per heavy atom. The highest BCUT2D eigenvalue weighted by Gasteiger charge is 2.30. The number of allylic oxidation sites excluding steroid dienone is 14. The normalized spacial score (nSPS) is 14.3. The van der Waals surface area contributed by atoms with Gasteiger partial charge >= 0.3 is 39.5 Å². The molecule has 0 spiro atoms. The summed E-state index contributed by atoms with van der Waals surface area (Å²) in [5.41, 5.74) is 0. The zero-order valence-corrected chi connectivity index (χ0v) is 66.6. The third-order valence-corrected chi connectivity index (χ3v) is 19.3. The molecule has 0 heterocycles. The number of phosphoric ester groups is 2. The molecule has 0 aliphatic heterocycles. The fraction of sp³-hybridized carbons (Fsp3) is 0.783. The Morgan fingerprint density at radius 2 is 0.529 bits per heavy atom.